The molecule has 3 aliphatic heterocycles. The number of carbonyl (C=O) groups is 2. The Hall–Kier alpha value is -1.50. The van der Waals surface area contributed by atoms with Crippen LogP contribution in [0.5, 0.6) is 0 Å². The average molecular weight is 374 g/mol. The topological polar surface area (TPSA) is 93.1 Å². The highest BCUT2D eigenvalue weighted by Gasteiger charge is 2.84. The van der Waals surface area contributed by atoms with Crippen molar-refractivity contribution in [2.45, 2.75) is 51.6 Å². The first-order valence-electron chi connectivity index (χ1n) is 9.69. The Kier molecular flexibility index (Phi) is 3.08. The Morgan fingerprint density at radius 1 is 1.33 bits per heavy atom. The van der Waals surface area contributed by atoms with Crippen LogP contribution in [0.25, 0.3) is 0 Å². The molecule has 3 saturated heterocycles. The van der Waals surface area contributed by atoms with Crippen LogP contribution in [0, 0.1) is 34.0 Å². The first-order valence-corrected chi connectivity index (χ1v) is 9.69. The van der Waals surface area contributed by atoms with E-state index in [0.717, 1.165) is 6.42 Å². The van der Waals surface area contributed by atoms with Gasteiger partial charge in [-0.15, -0.1) is 0 Å². The largest absolute Gasteiger partial charge is 0.493 e. The van der Waals surface area contributed by atoms with Crippen molar-refractivity contribution in [1.29, 1.82) is 0 Å². The Labute approximate surface area is 158 Å². The lowest BCUT2D eigenvalue weighted by molar-refractivity contribution is -0.446. The summed E-state index contributed by atoms with van der Waals surface area (Å²) in [6.45, 7) is 9.15. The number of carbonyl (C=O) groups excluding carboxylic acids is 2. The van der Waals surface area contributed by atoms with Gasteiger partial charge in [0.2, 0.25) is 5.79 Å². The molecule has 0 aromatic heterocycles. The van der Waals surface area contributed by atoms with Gasteiger partial charge in [0, 0.05) is 16.7 Å². The molecule has 6 rings (SSSR count). The van der Waals surface area contributed by atoms with E-state index in [1.807, 2.05) is 6.08 Å². The molecule has 0 aromatic carbocycles. The molecule has 2 bridgehead atoms. The number of fused-ring (bicyclic) bond motifs is 2. The molecule has 0 unspecified atom stereocenters. The number of ketones is 2. The van der Waals surface area contributed by atoms with E-state index in [-0.39, 0.29) is 30.0 Å². The summed E-state index contributed by atoms with van der Waals surface area (Å²) in [4.78, 5) is 25.8. The lowest BCUT2D eigenvalue weighted by Gasteiger charge is -2.75. The molecule has 1 spiro atoms. The molecule has 5 fully saturated rings. The van der Waals surface area contributed by atoms with Gasteiger partial charge in [0.05, 0.1) is 18.3 Å². The molecule has 0 radical (unpaired) electrons. The van der Waals surface area contributed by atoms with Crippen molar-refractivity contribution in [3.8, 4) is 0 Å². The Bertz CT molecular complexity index is 813. The van der Waals surface area contributed by atoms with Crippen molar-refractivity contribution in [1.82, 2.24) is 0 Å². The quantitative estimate of drug-likeness (QED) is 0.720. The molecule has 2 saturated carbocycles. The van der Waals surface area contributed by atoms with Crippen LogP contribution in [0.2, 0.25) is 0 Å². The fourth-order valence-electron chi connectivity index (χ4n) is 7.31. The molecule has 6 aliphatic rings. The zero-order valence-electron chi connectivity index (χ0n) is 15.9. The summed E-state index contributed by atoms with van der Waals surface area (Å²) in [6.07, 6.45) is 2.97. The van der Waals surface area contributed by atoms with Crippen molar-refractivity contribution in [2.75, 3.05) is 6.61 Å². The summed E-state index contributed by atoms with van der Waals surface area (Å²) in [7, 11) is 0. The van der Waals surface area contributed by atoms with Crippen molar-refractivity contribution >= 4 is 11.6 Å². The van der Waals surface area contributed by atoms with E-state index >= 15 is 0 Å². The van der Waals surface area contributed by atoms with Crippen LogP contribution >= 0.6 is 0 Å². The third kappa shape index (κ3) is 1.55. The van der Waals surface area contributed by atoms with Gasteiger partial charge in [-0.2, -0.15) is 0 Å². The monoisotopic (exact) mass is 374 g/mol. The van der Waals surface area contributed by atoms with E-state index in [0.29, 0.717) is 12.2 Å². The molecule has 6 nitrogen and oxygen atoms in total. The van der Waals surface area contributed by atoms with Crippen LogP contribution in [0.3, 0.4) is 0 Å². The summed E-state index contributed by atoms with van der Waals surface area (Å²) in [5.41, 5.74) is -2.93. The van der Waals surface area contributed by atoms with E-state index in [2.05, 4.69) is 6.58 Å². The second-order valence-electron chi connectivity index (χ2n) is 9.61. The van der Waals surface area contributed by atoms with Gasteiger partial charge >= 0.3 is 0 Å². The number of aliphatic hydroxyl groups excluding tert-OH is 1. The number of hydrogen-bond acceptors (Lipinski definition) is 6. The second kappa shape index (κ2) is 4.73. The molecule has 6 heteroatoms. The molecule has 8 atom stereocenters. The summed E-state index contributed by atoms with van der Waals surface area (Å²) >= 11 is 0. The molecule has 3 aliphatic carbocycles. The van der Waals surface area contributed by atoms with Gasteiger partial charge in [-0.3, -0.25) is 9.59 Å². The predicted octanol–water partition coefficient (Wildman–Crippen LogP) is 1.36. The van der Waals surface area contributed by atoms with Gasteiger partial charge in [0.15, 0.2) is 5.78 Å². The summed E-state index contributed by atoms with van der Waals surface area (Å²) in [5, 5.41) is 23.1. The lowest BCUT2D eigenvalue weighted by Crippen LogP contribution is -2.86. The smallest absolute Gasteiger partial charge is 0.209 e. The highest BCUT2D eigenvalue weighted by Crippen LogP contribution is 2.74. The van der Waals surface area contributed by atoms with E-state index in [1.165, 1.54) is 6.92 Å². The van der Waals surface area contributed by atoms with Gasteiger partial charge in [-0.1, -0.05) is 26.5 Å². The van der Waals surface area contributed by atoms with Crippen LogP contribution in [-0.4, -0.2) is 46.4 Å². The van der Waals surface area contributed by atoms with Gasteiger partial charge in [0.25, 0.3) is 0 Å². The fraction of sp³-hybridized carbons (Fsp3) is 0.714. The maximum absolute atomic E-state index is 13.1. The first-order chi connectivity index (χ1) is 12.5. The van der Waals surface area contributed by atoms with Crippen molar-refractivity contribution in [3.63, 3.8) is 0 Å². The molecular formula is C21H26O6. The fourth-order valence-corrected chi connectivity index (χ4v) is 7.31. The van der Waals surface area contributed by atoms with E-state index < -0.39 is 40.2 Å². The second-order valence-corrected chi connectivity index (χ2v) is 9.61. The molecule has 146 valence electrons. The molecule has 3 heterocycles. The Balaban J connectivity index is 1.79. The predicted molar refractivity (Wildman–Crippen MR) is 94.1 cm³/mol. The molecule has 0 aromatic rings. The Morgan fingerprint density at radius 2 is 2.04 bits per heavy atom. The van der Waals surface area contributed by atoms with E-state index in [9.17, 15) is 19.8 Å². The first kappa shape index (κ1) is 17.6. The van der Waals surface area contributed by atoms with Crippen LogP contribution in [0.1, 0.15) is 33.6 Å². The Morgan fingerprint density at radius 3 is 2.67 bits per heavy atom. The van der Waals surface area contributed by atoms with Gasteiger partial charge in [-0.25, -0.2) is 0 Å². The number of ether oxygens (including phenoxy) is 2. The number of allylic oxidation sites excluding steroid dienone is 1. The summed E-state index contributed by atoms with van der Waals surface area (Å²) in [6, 6.07) is 0. The van der Waals surface area contributed by atoms with Gasteiger partial charge < -0.3 is 19.7 Å². The summed E-state index contributed by atoms with van der Waals surface area (Å²) < 4.78 is 11.7. The van der Waals surface area contributed by atoms with Gasteiger partial charge in [0.1, 0.15) is 23.4 Å². The zero-order valence-corrected chi connectivity index (χ0v) is 15.9. The number of rotatable bonds is 1. The molecule has 2 N–H and O–H groups in total. The minimum absolute atomic E-state index is 0.0265. The van der Waals surface area contributed by atoms with Crippen LogP contribution in [0.15, 0.2) is 24.5 Å². The lowest BCUT2D eigenvalue weighted by atomic mass is 9.35. The van der Waals surface area contributed by atoms with E-state index in [4.69, 9.17) is 9.47 Å². The van der Waals surface area contributed by atoms with Crippen LogP contribution < -0.4 is 0 Å². The summed E-state index contributed by atoms with van der Waals surface area (Å²) in [5.74, 6) is -2.60. The third-order valence-corrected chi connectivity index (χ3v) is 8.44. The maximum Gasteiger partial charge on any atom is 0.209 e. The standard InChI is InChI=1S/C21H26O6/c1-10-12-5-6-13-19-8-7-14(23)18(3,4)15(19)16(24)21(25,26-9-19)20(13,11(2)22)17(12)27-10/h7-8,12-13,15-17,24-25H,1,5-6,9H2,2-4H3/t12-,13-,15+,16-,17+,19+,20+,21-/m0/s1. The molecule has 0 amide bonds. The highest BCUT2D eigenvalue weighted by molar-refractivity contribution is 5.96. The van der Waals surface area contributed by atoms with Crippen molar-refractivity contribution in [2.24, 2.45) is 34.0 Å². The van der Waals surface area contributed by atoms with Gasteiger partial charge in [-0.05, 0) is 31.8 Å². The normalized spacial score (nSPS) is 54.3. The maximum atomic E-state index is 13.1. The zero-order chi connectivity index (χ0) is 19.6. The minimum atomic E-state index is -2.08. The van der Waals surface area contributed by atoms with Crippen LogP contribution in [-0.2, 0) is 19.1 Å². The van der Waals surface area contributed by atoms with Crippen LogP contribution in [0.4, 0.5) is 0 Å². The van der Waals surface area contributed by atoms with Crippen molar-refractivity contribution < 1.29 is 29.3 Å². The number of aliphatic hydroxyl groups is 2. The molecule has 27 heavy (non-hydrogen) atoms. The van der Waals surface area contributed by atoms with Crippen molar-refractivity contribution in [3.05, 3.63) is 24.5 Å². The number of Topliss-reactive ketones (excluding diaryl/α,β-unsaturated/α-hetero) is 1. The molecular weight excluding hydrogens is 348 g/mol. The highest BCUT2D eigenvalue weighted by atomic mass is 16.6. The number of hydrogen-bond donors (Lipinski definition) is 2. The SMILES string of the molecule is C=C1O[C@@H]2[C@H]1CC[C@H]1[C@]34C=CC(=O)C(C)(C)[C@H]3[C@H](O)[C@](O)(OC4)[C@@]21C(C)=O. The minimum Gasteiger partial charge on any atom is -0.493 e. The van der Waals surface area contributed by atoms with E-state index in [1.54, 1.807) is 19.9 Å². The average Bonchev–Trinajstić information content (AvgIpc) is 2.59. The third-order valence-electron chi connectivity index (χ3n) is 8.44.